The molecule has 2 aromatic rings. The molecule has 3 rings (SSSR count). The first kappa shape index (κ1) is 14.1. The van der Waals surface area contributed by atoms with Gasteiger partial charge in [-0.3, -0.25) is 4.98 Å². The van der Waals surface area contributed by atoms with Crippen molar-refractivity contribution < 1.29 is 4.74 Å². The minimum atomic E-state index is 0.612. The minimum Gasteiger partial charge on any atom is -0.497 e. The standard InChI is InChI=1S/C19H23NO/c1-21-17-9-7-15(8-10-17)18-5-3-2-4-6-19(18)16-11-13-20-14-12-16/h7-14,18-19H,2-6H2,1H3. The molecule has 2 nitrogen and oxygen atoms in total. The molecule has 1 aliphatic carbocycles. The van der Waals surface area contributed by atoms with Crippen LogP contribution in [0.2, 0.25) is 0 Å². The van der Waals surface area contributed by atoms with Crippen LogP contribution in [0.1, 0.15) is 55.1 Å². The number of pyridine rings is 1. The number of hydrogen-bond acceptors (Lipinski definition) is 2. The van der Waals surface area contributed by atoms with Crippen LogP contribution in [-0.2, 0) is 0 Å². The van der Waals surface area contributed by atoms with Crippen molar-refractivity contribution in [3.8, 4) is 5.75 Å². The third-order valence-electron chi connectivity index (χ3n) is 4.69. The van der Waals surface area contributed by atoms with Gasteiger partial charge in [-0.2, -0.15) is 0 Å². The van der Waals surface area contributed by atoms with E-state index in [2.05, 4.69) is 41.4 Å². The maximum Gasteiger partial charge on any atom is 0.118 e. The molecule has 0 saturated heterocycles. The molecule has 0 bridgehead atoms. The smallest absolute Gasteiger partial charge is 0.118 e. The number of hydrogen-bond donors (Lipinski definition) is 0. The van der Waals surface area contributed by atoms with Gasteiger partial charge in [0.05, 0.1) is 7.11 Å². The average Bonchev–Trinajstić information content (AvgIpc) is 2.81. The lowest BCUT2D eigenvalue weighted by atomic mass is 9.78. The molecule has 1 saturated carbocycles. The van der Waals surface area contributed by atoms with Crippen molar-refractivity contribution in [3.63, 3.8) is 0 Å². The Labute approximate surface area is 127 Å². The van der Waals surface area contributed by atoms with E-state index in [-0.39, 0.29) is 0 Å². The molecule has 1 heterocycles. The van der Waals surface area contributed by atoms with E-state index in [1.807, 2.05) is 12.4 Å². The molecule has 0 radical (unpaired) electrons. The molecule has 0 amide bonds. The van der Waals surface area contributed by atoms with Gasteiger partial charge in [0.2, 0.25) is 0 Å². The van der Waals surface area contributed by atoms with E-state index < -0.39 is 0 Å². The highest BCUT2D eigenvalue weighted by molar-refractivity contribution is 5.32. The van der Waals surface area contributed by atoms with Crippen LogP contribution in [0.4, 0.5) is 0 Å². The van der Waals surface area contributed by atoms with Crippen LogP contribution in [0, 0.1) is 0 Å². The van der Waals surface area contributed by atoms with Gasteiger partial charge in [0.25, 0.3) is 0 Å². The zero-order valence-corrected chi connectivity index (χ0v) is 12.7. The highest BCUT2D eigenvalue weighted by Gasteiger charge is 2.26. The Balaban J connectivity index is 1.91. The summed E-state index contributed by atoms with van der Waals surface area (Å²) in [6.45, 7) is 0. The van der Waals surface area contributed by atoms with Crippen LogP contribution in [0.3, 0.4) is 0 Å². The van der Waals surface area contributed by atoms with Gasteiger partial charge < -0.3 is 4.74 Å². The van der Waals surface area contributed by atoms with Crippen LogP contribution in [0.25, 0.3) is 0 Å². The molecule has 1 aromatic carbocycles. The summed E-state index contributed by atoms with van der Waals surface area (Å²) in [6, 6.07) is 13.0. The van der Waals surface area contributed by atoms with Crippen LogP contribution in [-0.4, -0.2) is 12.1 Å². The second-order valence-electron chi connectivity index (χ2n) is 5.90. The van der Waals surface area contributed by atoms with E-state index in [9.17, 15) is 0 Å². The number of ether oxygens (including phenoxy) is 1. The Hall–Kier alpha value is -1.83. The molecule has 2 unspecified atom stereocenters. The molecule has 2 heteroatoms. The Bertz CT molecular complexity index is 550. The average molecular weight is 281 g/mol. The van der Waals surface area contributed by atoms with E-state index >= 15 is 0 Å². The van der Waals surface area contributed by atoms with E-state index in [0.717, 1.165) is 5.75 Å². The van der Waals surface area contributed by atoms with Crippen molar-refractivity contribution >= 4 is 0 Å². The molecule has 21 heavy (non-hydrogen) atoms. The van der Waals surface area contributed by atoms with Crippen molar-refractivity contribution in [2.75, 3.05) is 7.11 Å². The first-order valence-electron chi connectivity index (χ1n) is 7.92. The molecule has 1 aliphatic rings. The summed E-state index contributed by atoms with van der Waals surface area (Å²) in [5.41, 5.74) is 2.88. The van der Waals surface area contributed by atoms with Gasteiger partial charge in [-0.15, -0.1) is 0 Å². The van der Waals surface area contributed by atoms with Gasteiger partial charge >= 0.3 is 0 Å². The predicted octanol–water partition coefficient (Wildman–Crippen LogP) is 4.92. The Morgan fingerprint density at radius 3 is 1.95 bits per heavy atom. The zero-order chi connectivity index (χ0) is 14.5. The van der Waals surface area contributed by atoms with Gasteiger partial charge in [-0.25, -0.2) is 0 Å². The second-order valence-corrected chi connectivity index (χ2v) is 5.90. The minimum absolute atomic E-state index is 0.612. The number of nitrogens with zero attached hydrogens (tertiary/aromatic N) is 1. The zero-order valence-electron chi connectivity index (χ0n) is 12.7. The van der Waals surface area contributed by atoms with Crippen molar-refractivity contribution in [3.05, 3.63) is 59.9 Å². The quantitative estimate of drug-likeness (QED) is 0.745. The summed E-state index contributed by atoms with van der Waals surface area (Å²) in [5, 5.41) is 0. The van der Waals surface area contributed by atoms with Crippen LogP contribution < -0.4 is 4.74 Å². The SMILES string of the molecule is COc1ccc(C2CCCCCC2c2ccncc2)cc1. The molecule has 0 spiro atoms. The second kappa shape index (κ2) is 6.75. The Morgan fingerprint density at radius 2 is 1.38 bits per heavy atom. The normalized spacial score (nSPS) is 22.5. The topological polar surface area (TPSA) is 22.1 Å². The Morgan fingerprint density at radius 1 is 0.810 bits per heavy atom. The summed E-state index contributed by atoms with van der Waals surface area (Å²) >= 11 is 0. The van der Waals surface area contributed by atoms with Gasteiger partial charge in [-0.05, 0) is 60.1 Å². The van der Waals surface area contributed by atoms with Crippen molar-refractivity contribution in [2.24, 2.45) is 0 Å². The number of methoxy groups -OCH3 is 1. The summed E-state index contributed by atoms with van der Waals surface area (Å²) in [4.78, 5) is 4.17. The molecule has 0 N–H and O–H groups in total. The van der Waals surface area contributed by atoms with E-state index in [1.165, 1.54) is 43.2 Å². The molecule has 110 valence electrons. The molecule has 0 aliphatic heterocycles. The van der Waals surface area contributed by atoms with Crippen molar-refractivity contribution in [1.29, 1.82) is 0 Å². The maximum absolute atomic E-state index is 5.28. The number of benzene rings is 1. The van der Waals surface area contributed by atoms with Crippen molar-refractivity contribution in [2.45, 2.75) is 43.9 Å². The molecule has 2 atom stereocenters. The van der Waals surface area contributed by atoms with Gasteiger partial charge in [0, 0.05) is 12.4 Å². The van der Waals surface area contributed by atoms with Gasteiger partial charge in [-0.1, -0.05) is 31.4 Å². The predicted molar refractivity (Wildman–Crippen MR) is 85.8 cm³/mol. The van der Waals surface area contributed by atoms with Gasteiger partial charge in [0.15, 0.2) is 0 Å². The largest absolute Gasteiger partial charge is 0.497 e. The lowest BCUT2D eigenvalue weighted by Crippen LogP contribution is -2.10. The van der Waals surface area contributed by atoms with E-state index in [4.69, 9.17) is 4.74 Å². The molecular formula is C19H23NO. The Kier molecular flexibility index (Phi) is 4.54. The molecule has 1 fully saturated rings. The summed E-state index contributed by atoms with van der Waals surface area (Å²) in [7, 11) is 1.72. The fourth-order valence-electron chi connectivity index (χ4n) is 3.57. The van der Waals surface area contributed by atoms with Crippen molar-refractivity contribution in [1.82, 2.24) is 4.98 Å². The lowest BCUT2D eigenvalue weighted by molar-refractivity contribution is 0.414. The van der Waals surface area contributed by atoms with Crippen LogP contribution >= 0.6 is 0 Å². The monoisotopic (exact) mass is 281 g/mol. The maximum atomic E-state index is 5.28. The fourth-order valence-corrected chi connectivity index (χ4v) is 3.57. The van der Waals surface area contributed by atoms with E-state index in [0.29, 0.717) is 11.8 Å². The van der Waals surface area contributed by atoms with Crippen LogP contribution in [0.15, 0.2) is 48.8 Å². The number of aromatic nitrogens is 1. The lowest BCUT2D eigenvalue weighted by Gasteiger charge is -2.26. The third kappa shape index (κ3) is 3.26. The first-order valence-corrected chi connectivity index (χ1v) is 7.92. The highest BCUT2D eigenvalue weighted by Crippen LogP contribution is 2.42. The van der Waals surface area contributed by atoms with Gasteiger partial charge in [0.1, 0.15) is 5.75 Å². The summed E-state index contributed by atoms with van der Waals surface area (Å²) in [6.07, 6.45) is 10.4. The van der Waals surface area contributed by atoms with E-state index in [1.54, 1.807) is 7.11 Å². The van der Waals surface area contributed by atoms with Crippen LogP contribution in [0.5, 0.6) is 5.75 Å². The number of rotatable bonds is 3. The highest BCUT2D eigenvalue weighted by atomic mass is 16.5. The molecular weight excluding hydrogens is 258 g/mol. The first-order chi connectivity index (χ1) is 10.4. The summed E-state index contributed by atoms with van der Waals surface area (Å²) in [5.74, 6) is 2.16. The fraction of sp³-hybridized carbons (Fsp3) is 0.421. The summed E-state index contributed by atoms with van der Waals surface area (Å²) < 4.78 is 5.28. The third-order valence-corrected chi connectivity index (χ3v) is 4.69. The molecule has 1 aromatic heterocycles.